The molecule has 1 aliphatic heterocycles. The Balaban J connectivity index is 1.85. The number of anilines is 1. The maximum Gasteiger partial charge on any atom is 0.337 e. The van der Waals surface area contributed by atoms with Crippen molar-refractivity contribution in [2.75, 3.05) is 25.8 Å². The summed E-state index contributed by atoms with van der Waals surface area (Å²) in [6.45, 7) is 2.17. The maximum absolute atomic E-state index is 12.4. The van der Waals surface area contributed by atoms with Crippen LogP contribution in [0, 0.1) is 0 Å². The van der Waals surface area contributed by atoms with Crippen LogP contribution in [0.2, 0.25) is 0 Å². The minimum absolute atomic E-state index is 0.158. The molecule has 136 valence electrons. The van der Waals surface area contributed by atoms with Crippen molar-refractivity contribution in [3.8, 4) is 11.5 Å². The normalized spacial score (nSPS) is 13.0. The highest BCUT2D eigenvalue weighted by Crippen LogP contribution is 2.35. The fourth-order valence-electron chi connectivity index (χ4n) is 2.58. The number of ether oxygens (including phenoxy) is 4. The van der Waals surface area contributed by atoms with Gasteiger partial charge in [0.15, 0.2) is 17.5 Å². The van der Waals surface area contributed by atoms with Crippen LogP contribution < -0.4 is 14.8 Å². The highest BCUT2D eigenvalue weighted by molar-refractivity contribution is 5.90. The second kappa shape index (κ2) is 7.77. The lowest BCUT2D eigenvalue weighted by molar-refractivity contribution is -0.144. The molecule has 7 nitrogen and oxygen atoms in total. The Morgan fingerprint density at radius 2 is 1.85 bits per heavy atom. The van der Waals surface area contributed by atoms with Crippen LogP contribution in [0.25, 0.3) is 0 Å². The summed E-state index contributed by atoms with van der Waals surface area (Å²) >= 11 is 0. The number of nitrogens with one attached hydrogen (secondary N) is 1. The Kier molecular flexibility index (Phi) is 5.26. The molecular formula is C19H19NO6. The second-order valence-corrected chi connectivity index (χ2v) is 5.51. The van der Waals surface area contributed by atoms with Gasteiger partial charge < -0.3 is 24.3 Å². The van der Waals surface area contributed by atoms with Gasteiger partial charge in [-0.05, 0) is 48.9 Å². The summed E-state index contributed by atoms with van der Waals surface area (Å²) in [6.07, 6.45) is 0. The molecule has 0 bridgehead atoms. The van der Waals surface area contributed by atoms with Crippen molar-refractivity contribution in [1.29, 1.82) is 0 Å². The molecule has 7 heteroatoms. The lowest BCUT2D eigenvalue weighted by Crippen LogP contribution is -2.23. The van der Waals surface area contributed by atoms with Crippen LogP contribution in [0.5, 0.6) is 11.5 Å². The molecule has 0 spiro atoms. The number of carbonyl (C=O) groups excluding carboxylic acids is 2. The molecule has 0 saturated heterocycles. The van der Waals surface area contributed by atoms with E-state index in [0.717, 1.165) is 0 Å². The van der Waals surface area contributed by atoms with Crippen molar-refractivity contribution in [3.05, 3.63) is 53.6 Å². The Bertz CT molecular complexity index is 802. The van der Waals surface area contributed by atoms with Gasteiger partial charge in [-0.25, -0.2) is 9.59 Å². The van der Waals surface area contributed by atoms with Gasteiger partial charge in [-0.1, -0.05) is 6.07 Å². The molecule has 1 atom stereocenters. The van der Waals surface area contributed by atoms with E-state index in [-0.39, 0.29) is 13.4 Å². The molecule has 0 amide bonds. The number of esters is 2. The predicted molar refractivity (Wildman–Crippen MR) is 93.3 cm³/mol. The summed E-state index contributed by atoms with van der Waals surface area (Å²) < 4.78 is 20.5. The largest absolute Gasteiger partial charge is 0.465 e. The molecule has 2 aromatic carbocycles. The number of fused-ring (bicyclic) bond motifs is 1. The third-order valence-electron chi connectivity index (χ3n) is 3.87. The lowest BCUT2D eigenvalue weighted by Gasteiger charge is -2.19. The Morgan fingerprint density at radius 3 is 2.54 bits per heavy atom. The van der Waals surface area contributed by atoms with E-state index in [1.165, 1.54) is 7.11 Å². The van der Waals surface area contributed by atoms with Gasteiger partial charge in [0.2, 0.25) is 6.79 Å². The zero-order valence-corrected chi connectivity index (χ0v) is 14.5. The van der Waals surface area contributed by atoms with Gasteiger partial charge in [0.05, 0.1) is 19.3 Å². The van der Waals surface area contributed by atoms with Crippen molar-refractivity contribution < 1.29 is 28.5 Å². The number of carbonyl (C=O) groups is 2. The molecule has 0 fully saturated rings. The van der Waals surface area contributed by atoms with Crippen LogP contribution in [-0.4, -0.2) is 32.4 Å². The first-order valence-electron chi connectivity index (χ1n) is 8.13. The van der Waals surface area contributed by atoms with E-state index in [1.54, 1.807) is 49.4 Å². The summed E-state index contributed by atoms with van der Waals surface area (Å²) in [5.74, 6) is 0.385. The van der Waals surface area contributed by atoms with E-state index in [2.05, 4.69) is 10.1 Å². The molecule has 1 unspecified atom stereocenters. The molecule has 2 aromatic rings. The summed E-state index contributed by atoms with van der Waals surface area (Å²) in [5.41, 5.74) is 1.77. The summed E-state index contributed by atoms with van der Waals surface area (Å²) in [4.78, 5) is 24.0. The van der Waals surface area contributed by atoms with Crippen LogP contribution in [0.3, 0.4) is 0 Å². The van der Waals surface area contributed by atoms with E-state index in [9.17, 15) is 9.59 Å². The molecule has 1 aliphatic rings. The molecule has 1 heterocycles. The molecule has 26 heavy (non-hydrogen) atoms. The maximum atomic E-state index is 12.4. The van der Waals surface area contributed by atoms with Crippen molar-refractivity contribution >= 4 is 17.6 Å². The van der Waals surface area contributed by atoms with Crippen molar-refractivity contribution in [1.82, 2.24) is 0 Å². The van der Waals surface area contributed by atoms with E-state index >= 15 is 0 Å². The fourth-order valence-corrected chi connectivity index (χ4v) is 2.58. The molecular weight excluding hydrogens is 338 g/mol. The first kappa shape index (κ1) is 17.6. The van der Waals surface area contributed by atoms with E-state index < -0.39 is 18.0 Å². The van der Waals surface area contributed by atoms with Crippen LogP contribution in [0.1, 0.15) is 28.9 Å². The molecule has 1 N–H and O–H groups in total. The monoisotopic (exact) mass is 357 g/mol. The predicted octanol–water partition coefficient (Wildman–Crippen LogP) is 2.92. The van der Waals surface area contributed by atoms with Crippen molar-refractivity contribution in [2.45, 2.75) is 13.0 Å². The average Bonchev–Trinajstić information content (AvgIpc) is 3.14. The number of hydrogen-bond donors (Lipinski definition) is 1. The van der Waals surface area contributed by atoms with Gasteiger partial charge in [0.1, 0.15) is 0 Å². The Morgan fingerprint density at radius 1 is 1.12 bits per heavy atom. The first-order valence-corrected chi connectivity index (χ1v) is 8.13. The number of hydrogen-bond acceptors (Lipinski definition) is 7. The molecule has 0 saturated carbocycles. The van der Waals surface area contributed by atoms with Crippen LogP contribution in [0.15, 0.2) is 42.5 Å². The molecule has 3 rings (SSSR count). The molecule has 0 radical (unpaired) electrons. The zero-order chi connectivity index (χ0) is 18.5. The number of benzene rings is 2. The smallest absolute Gasteiger partial charge is 0.337 e. The van der Waals surface area contributed by atoms with Gasteiger partial charge in [0, 0.05) is 5.69 Å². The minimum atomic E-state index is -0.728. The SMILES string of the molecule is CCOC(=O)C(Nc1ccc(C(=O)OC)cc1)c1ccc2c(c1)OCO2. The van der Waals surface area contributed by atoms with E-state index in [4.69, 9.17) is 14.2 Å². The minimum Gasteiger partial charge on any atom is -0.465 e. The number of methoxy groups -OCH3 is 1. The third kappa shape index (κ3) is 3.72. The van der Waals surface area contributed by atoms with E-state index in [1.807, 2.05) is 0 Å². The Labute approximate surface area is 150 Å². The zero-order valence-electron chi connectivity index (χ0n) is 14.5. The van der Waals surface area contributed by atoms with Crippen LogP contribution >= 0.6 is 0 Å². The van der Waals surface area contributed by atoms with Crippen LogP contribution in [-0.2, 0) is 14.3 Å². The highest BCUT2D eigenvalue weighted by Gasteiger charge is 2.25. The Hall–Kier alpha value is -3.22. The van der Waals surface area contributed by atoms with Gasteiger partial charge in [-0.15, -0.1) is 0 Å². The standard InChI is InChI=1S/C19H19NO6/c1-3-24-19(22)17(13-6-9-15-16(10-13)26-11-25-15)20-14-7-4-12(5-8-14)18(21)23-2/h4-10,17,20H,3,11H2,1-2H3. The fraction of sp³-hybridized carbons (Fsp3) is 0.263. The van der Waals surface area contributed by atoms with Gasteiger partial charge in [-0.3, -0.25) is 0 Å². The summed E-state index contributed by atoms with van der Waals surface area (Å²) in [7, 11) is 1.32. The quantitative estimate of drug-likeness (QED) is 0.796. The van der Waals surface area contributed by atoms with Gasteiger partial charge in [-0.2, -0.15) is 0 Å². The van der Waals surface area contributed by atoms with Gasteiger partial charge in [0.25, 0.3) is 0 Å². The second-order valence-electron chi connectivity index (χ2n) is 5.51. The summed E-state index contributed by atoms with van der Waals surface area (Å²) in [6, 6.07) is 11.2. The summed E-state index contributed by atoms with van der Waals surface area (Å²) in [5, 5.41) is 3.13. The average molecular weight is 357 g/mol. The molecule has 0 aliphatic carbocycles. The first-order chi connectivity index (χ1) is 12.6. The number of rotatable bonds is 6. The van der Waals surface area contributed by atoms with Crippen LogP contribution in [0.4, 0.5) is 5.69 Å². The third-order valence-corrected chi connectivity index (χ3v) is 3.87. The molecule has 0 aromatic heterocycles. The lowest BCUT2D eigenvalue weighted by atomic mass is 10.1. The topological polar surface area (TPSA) is 83.1 Å². The van der Waals surface area contributed by atoms with E-state index in [0.29, 0.717) is 28.3 Å². The van der Waals surface area contributed by atoms with Crippen molar-refractivity contribution in [2.24, 2.45) is 0 Å². The highest BCUT2D eigenvalue weighted by atomic mass is 16.7. The van der Waals surface area contributed by atoms with Gasteiger partial charge >= 0.3 is 11.9 Å². The van der Waals surface area contributed by atoms with Crippen molar-refractivity contribution in [3.63, 3.8) is 0 Å².